The first-order chi connectivity index (χ1) is 10.9. The van der Waals surface area contributed by atoms with Crippen LogP contribution in [0.2, 0.25) is 5.02 Å². The molecule has 1 unspecified atom stereocenters. The summed E-state index contributed by atoms with van der Waals surface area (Å²) < 4.78 is 25.7. The third-order valence-corrected chi connectivity index (χ3v) is 6.60. The molecule has 0 bridgehead atoms. The van der Waals surface area contributed by atoms with E-state index >= 15 is 0 Å². The molecule has 23 heavy (non-hydrogen) atoms. The van der Waals surface area contributed by atoms with Crippen LogP contribution in [0, 0.1) is 0 Å². The van der Waals surface area contributed by atoms with Crippen LogP contribution in [0.4, 0.5) is 0 Å². The standard InChI is InChI=1S/C15H17ClN2O4S/c1-2-8-23(21,22)17-7-6-10(9-17)18-14(19)11-4-3-5-12(16)13(11)15(18)20/h3-5,10H,2,6-9H2,1H3. The van der Waals surface area contributed by atoms with Crippen LogP contribution in [0.3, 0.4) is 0 Å². The van der Waals surface area contributed by atoms with Crippen molar-refractivity contribution in [2.45, 2.75) is 25.8 Å². The first kappa shape index (κ1) is 16.4. The van der Waals surface area contributed by atoms with Gasteiger partial charge in [0.15, 0.2) is 0 Å². The van der Waals surface area contributed by atoms with Gasteiger partial charge in [0.25, 0.3) is 11.8 Å². The third kappa shape index (κ3) is 2.66. The number of nitrogens with zero attached hydrogens (tertiary/aromatic N) is 2. The van der Waals surface area contributed by atoms with Crippen molar-refractivity contribution < 1.29 is 18.0 Å². The summed E-state index contributed by atoms with van der Waals surface area (Å²) in [4.78, 5) is 26.2. The molecule has 1 saturated heterocycles. The molecule has 1 aromatic rings. The first-order valence-electron chi connectivity index (χ1n) is 7.51. The van der Waals surface area contributed by atoms with Crippen molar-refractivity contribution in [3.05, 3.63) is 34.3 Å². The van der Waals surface area contributed by atoms with E-state index in [0.29, 0.717) is 19.4 Å². The highest BCUT2D eigenvalue weighted by atomic mass is 35.5. The van der Waals surface area contributed by atoms with Crippen molar-refractivity contribution in [1.82, 2.24) is 9.21 Å². The summed E-state index contributed by atoms with van der Waals surface area (Å²) in [6.07, 6.45) is 0.984. The normalized spacial score (nSPS) is 22.0. The highest BCUT2D eigenvalue weighted by Gasteiger charge is 2.44. The van der Waals surface area contributed by atoms with Crippen molar-refractivity contribution in [2.75, 3.05) is 18.8 Å². The van der Waals surface area contributed by atoms with Crippen LogP contribution in [-0.4, -0.2) is 54.3 Å². The number of carbonyl (C=O) groups is 2. The van der Waals surface area contributed by atoms with Crippen molar-refractivity contribution in [2.24, 2.45) is 0 Å². The Hall–Kier alpha value is -1.44. The van der Waals surface area contributed by atoms with E-state index in [1.807, 2.05) is 0 Å². The zero-order chi connectivity index (χ0) is 16.8. The lowest BCUT2D eigenvalue weighted by Crippen LogP contribution is -2.42. The van der Waals surface area contributed by atoms with Gasteiger partial charge in [-0.25, -0.2) is 8.42 Å². The van der Waals surface area contributed by atoms with Crippen molar-refractivity contribution >= 4 is 33.4 Å². The van der Waals surface area contributed by atoms with Crippen LogP contribution < -0.4 is 0 Å². The van der Waals surface area contributed by atoms with Crippen molar-refractivity contribution in [3.63, 3.8) is 0 Å². The molecule has 8 heteroatoms. The number of hydrogen-bond acceptors (Lipinski definition) is 4. The second kappa shape index (κ2) is 5.89. The predicted molar refractivity (Wildman–Crippen MR) is 86.0 cm³/mol. The molecule has 0 aliphatic carbocycles. The summed E-state index contributed by atoms with van der Waals surface area (Å²) in [5, 5.41) is 0.247. The fraction of sp³-hybridized carbons (Fsp3) is 0.467. The Labute approximate surface area is 140 Å². The van der Waals surface area contributed by atoms with E-state index in [9.17, 15) is 18.0 Å². The number of rotatable bonds is 4. The van der Waals surface area contributed by atoms with Crippen LogP contribution in [0.5, 0.6) is 0 Å². The number of imide groups is 1. The fourth-order valence-electron chi connectivity index (χ4n) is 3.15. The zero-order valence-electron chi connectivity index (χ0n) is 12.7. The van der Waals surface area contributed by atoms with E-state index in [1.165, 1.54) is 4.31 Å². The Bertz CT molecular complexity index is 778. The zero-order valence-corrected chi connectivity index (χ0v) is 14.2. The van der Waals surface area contributed by atoms with Gasteiger partial charge in [0, 0.05) is 13.1 Å². The minimum absolute atomic E-state index is 0.0771. The van der Waals surface area contributed by atoms with E-state index in [2.05, 4.69) is 0 Å². The molecule has 3 rings (SSSR count). The molecule has 0 saturated carbocycles. The average molecular weight is 357 g/mol. The quantitative estimate of drug-likeness (QED) is 0.770. The van der Waals surface area contributed by atoms with E-state index in [0.717, 1.165) is 4.90 Å². The Morgan fingerprint density at radius 2 is 2.00 bits per heavy atom. The number of fused-ring (bicyclic) bond motifs is 1. The molecule has 0 radical (unpaired) electrons. The first-order valence-corrected chi connectivity index (χ1v) is 9.49. The van der Waals surface area contributed by atoms with Crippen LogP contribution in [0.1, 0.15) is 40.5 Å². The van der Waals surface area contributed by atoms with E-state index < -0.39 is 27.9 Å². The molecule has 2 heterocycles. The number of amides is 2. The maximum absolute atomic E-state index is 12.5. The molecule has 1 atom stereocenters. The van der Waals surface area contributed by atoms with Crippen molar-refractivity contribution in [3.8, 4) is 0 Å². The Balaban J connectivity index is 1.84. The topological polar surface area (TPSA) is 74.8 Å². The van der Waals surface area contributed by atoms with Gasteiger partial charge in [-0.3, -0.25) is 14.5 Å². The highest BCUT2D eigenvalue weighted by molar-refractivity contribution is 7.89. The Morgan fingerprint density at radius 3 is 2.65 bits per heavy atom. The third-order valence-electron chi connectivity index (χ3n) is 4.24. The number of hydrogen-bond donors (Lipinski definition) is 0. The SMILES string of the molecule is CCCS(=O)(=O)N1CCC(N2C(=O)c3cccc(Cl)c3C2=O)C1. The van der Waals surface area contributed by atoms with E-state index in [4.69, 9.17) is 11.6 Å². The van der Waals surface area contributed by atoms with Crippen molar-refractivity contribution in [1.29, 1.82) is 0 Å². The lowest BCUT2D eigenvalue weighted by Gasteiger charge is -2.22. The maximum Gasteiger partial charge on any atom is 0.263 e. The molecule has 0 N–H and O–H groups in total. The van der Waals surface area contributed by atoms with Gasteiger partial charge in [0.05, 0.1) is 27.9 Å². The summed E-state index contributed by atoms with van der Waals surface area (Å²) >= 11 is 6.04. The van der Waals surface area contributed by atoms with Gasteiger partial charge in [-0.05, 0) is 25.0 Å². The fourth-order valence-corrected chi connectivity index (χ4v) is 4.97. The van der Waals surface area contributed by atoms with Gasteiger partial charge in [0.2, 0.25) is 10.0 Å². The lowest BCUT2D eigenvalue weighted by atomic mass is 10.1. The minimum atomic E-state index is -3.33. The number of carbonyl (C=O) groups excluding carboxylic acids is 2. The molecule has 0 spiro atoms. The number of halogens is 1. The summed E-state index contributed by atoms with van der Waals surface area (Å²) in [7, 11) is -3.33. The van der Waals surface area contributed by atoms with Gasteiger partial charge in [-0.2, -0.15) is 4.31 Å². The Morgan fingerprint density at radius 1 is 1.26 bits per heavy atom. The molecular weight excluding hydrogens is 340 g/mol. The summed E-state index contributed by atoms with van der Waals surface area (Å²) in [6, 6.07) is 4.33. The van der Waals surface area contributed by atoms with E-state index in [-0.39, 0.29) is 28.4 Å². The molecule has 124 valence electrons. The second-order valence-corrected chi connectivity index (χ2v) is 8.25. The van der Waals surface area contributed by atoms with Crippen LogP contribution >= 0.6 is 11.6 Å². The van der Waals surface area contributed by atoms with Gasteiger partial charge < -0.3 is 0 Å². The number of benzene rings is 1. The van der Waals surface area contributed by atoms with Crippen LogP contribution in [0.25, 0.3) is 0 Å². The number of sulfonamides is 1. The predicted octanol–water partition coefficient (Wildman–Crippen LogP) is 1.75. The second-order valence-electron chi connectivity index (χ2n) is 5.76. The van der Waals surface area contributed by atoms with Gasteiger partial charge in [-0.1, -0.05) is 24.6 Å². The molecule has 6 nitrogen and oxygen atoms in total. The molecule has 1 aromatic carbocycles. The van der Waals surface area contributed by atoms with Crippen LogP contribution in [-0.2, 0) is 10.0 Å². The smallest absolute Gasteiger partial charge is 0.263 e. The minimum Gasteiger partial charge on any atom is -0.270 e. The molecular formula is C15H17ClN2O4S. The van der Waals surface area contributed by atoms with Gasteiger partial charge in [-0.15, -0.1) is 0 Å². The summed E-state index contributed by atoms with van der Waals surface area (Å²) in [5.41, 5.74) is 0.506. The Kier molecular flexibility index (Phi) is 4.20. The monoisotopic (exact) mass is 356 g/mol. The molecule has 2 aliphatic heterocycles. The molecule has 2 aliphatic rings. The molecule has 1 fully saturated rings. The maximum atomic E-state index is 12.5. The molecule has 2 amide bonds. The summed E-state index contributed by atoms with van der Waals surface area (Å²) in [6.45, 7) is 2.29. The van der Waals surface area contributed by atoms with Crippen LogP contribution in [0.15, 0.2) is 18.2 Å². The average Bonchev–Trinajstić information content (AvgIpc) is 3.05. The lowest BCUT2D eigenvalue weighted by molar-refractivity contribution is 0.0593. The summed E-state index contributed by atoms with van der Waals surface area (Å²) in [5.74, 6) is -0.754. The highest BCUT2D eigenvalue weighted by Crippen LogP contribution is 2.32. The molecule has 0 aromatic heterocycles. The van der Waals surface area contributed by atoms with Gasteiger partial charge in [0.1, 0.15) is 0 Å². The van der Waals surface area contributed by atoms with E-state index in [1.54, 1.807) is 25.1 Å². The largest absolute Gasteiger partial charge is 0.270 e. The van der Waals surface area contributed by atoms with Gasteiger partial charge >= 0.3 is 0 Å².